The number of ketones is 1. The lowest BCUT2D eigenvalue weighted by atomic mass is 9.49. The van der Waals surface area contributed by atoms with Crippen LogP contribution in [0.1, 0.15) is 96.6 Å². The third-order valence-corrected chi connectivity index (χ3v) is 10.5. The van der Waals surface area contributed by atoms with Gasteiger partial charge in [0.1, 0.15) is 12.1 Å². The molecule has 0 spiro atoms. The van der Waals surface area contributed by atoms with E-state index in [2.05, 4.69) is 18.1 Å². The van der Waals surface area contributed by atoms with E-state index in [4.69, 9.17) is 5.26 Å². The summed E-state index contributed by atoms with van der Waals surface area (Å²) in [4.78, 5) is 13.2. The summed E-state index contributed by atoms with van der Waals surface area (Å²) in [5.74, 6) is 4.67. The number of nitrogens with zero attached hydrogens (tertiary/aromatic N) is 3. The van der Waals surface area contributed by atoms with Crippen LogP contribution in [0.5, 0.6) is 0 Å². The normalized spacial score (nSPS) is 44.1. The van der Waals surface area contributed by atoms with Crippen LogP contribution < -0.4 is 0 Å². The number of Topliss-reactive ketones (excluding diaryl/α,β-unsaturated/α-hetero) is 1. The Bertz CT molecular complexity index is 914. The fourth-order valence-corrected chi connectivity index (χ4v) is 8.69. The third-order valence-electron chi connectivity index (χ3n) is 10.5. The van der Waals surface area contributed by atoms with E-state index in [0.717, 1.165) is 42.4 Å². The van der Waals surface area contributed by atoms with Crippen molar-refractivity contribution >= 4 is 5.78 Å². The zero-order chi connectivity index (χ0) is 22.7. The summed E-state index contributed by atoms with van der Waals surface area (Å²) in [6, 6.07) is 1.80. The first-order chi connectivity index (χ1) is 15.2. The molecule has 5 heteroatoms. The number of nitriles is 1. The van der Waals surface area contributed by atoms with Crippen LogP contribution in [0.25, 0.3) is 0 Å². The number of fused-ring (bicyclic) bond motifs is 5. The zero-order valence-corrected chi connectivity index (χ0v) is 20.0. The second-order valence-electron chi connectivity index (χ2n) is 12.2. The van der Waals surface area contributed by atoms with E-state index in [1.165, 1.54) is 44.9 Å². The minimum Gasteiger partial charge on any atom is -0.390 e. The molecule has 174 valence electrons. The van der Waals surface area contributed by atoms with Crippen molar-refractivity contribution in [2.75, 3.05) is 0 Å². The summed E-state index contributed by atoms with van der Waals surface area (Å²) in [6.45, 7) is 6.45. The first kappa shape index (κ1) is 22.1. The Morgan fingerprint density at radius 2 is 1.97 bits per heavy atom. The molecule has 1 heterocycles. The van der Waals surface area contributed by atoms with E-state index in [-0.39, 0.29) is 17.2 Å². The second-order valence-corrected chi connectivity index (χ2v) is 12.2. The van der Waals surface area contributed by atoms with Crippen LogP contribution in [0.15, 0.2) is 12.4 Å². The maximum atomic E-state index is 13.2. The molecule has 4 fully saturated rings. The Labute approximate surface area is 192 Å². The summed E-state index contributed by atoms with van der Waals surface area (Å²) in [5, 5.41) is 23.9. The molecule has 0 bridgehead atoms. The summed E-state index contributed by atoms with van der Waals surface area (Å²) in [5.41, 5.74) is 0.344. The van der Waals surface area contributed by atoms with E-state index >= 15 is 0 Å². The van der Waals surface area contributed by atoms with Crippen molar-refractivity contribution in [1.82, 2.24) is 9.78 Å². The van der Waals surface area contributed by atoms with Crippen LogP contribution >= 0.6 is 0 Å². The molecule has 32 heavy (non-hydrogen) atoms. The second kappa shape index (κ2) is 7.97. The number of aliphatic hydroxyl groups is 1. The molecule has 9 atom stereocenters. The molecule has 1 aromatic heterocycles. The highest BCUT2D eigenvalue weighted by Crippen LogP contribution is 2.65. The van der Waals surface area contributed by atoms with Gasteiger partial charge in [-0.15, -0.1) is 0 Å². The van der Waals surface area contributed by atoms with Crippen molar-refractivity contribution in [3.05, 3.63) is 18.0 Å². The summed E-state index contributed by atoms with van der Waals surface area (Å²) in [7, 11) is 0. The maximum absolute atomic E-state index is 13.2. The number of carbonyl (C=O) groups is 1. The van der Waals surface area contributed by atoms with Gasteiger partial charge in [0.15, 0.2) is 5.78 Å². The van der Waals surface area contributed by atoms with Crippen molar-refractivity contribution < 1.29 is 9.90 Å². The first-order valence-electron chi connectivity index (χ1n) is 12.9. The molecule has 0 radical (unpaired) electrons. The monoisotopic (exact) mass is 437 g/mol. The summed E-state index contributed by atoms with van der Waals surface area (Å²) >= 11 is 0. The van der Waals surface area contributed by atoms with Gasteiger partial charge in [0.25, 0.3) is 0 Å². The highest BCUT2D eigenvalue weighted by Gasteiger charge is 2.57. The van der Waals surface area contributed by atoms with Crippen LogP contribution in [0.3, 0.4) is 0 Å². The highest BCUT2D eigenvalue weighted by molar-refractivity contribution is 5.82. The van der Waals surface area contributed by atoms with Crippen LogP contribution in [0.4, 0.5) is 0 Å². The Hall–Kier alpha value is -1.67. The van der Waals surface area contributed by atoms with Crippen LogP contribution in [0, 0.1) is 52.3 Å². The van der Waals surface area contributed by atoms with Gasteiger partial charge in [0, 0.05) is 12.6 Å². The Morgan fingerprint density at radius 1 is 1.19 bits per heavy atom. The number of rotatable bonds is 4. The molecule has 4 aliphatic rings. The van der Waals surface area contributed by atoms with E-state index in [1.807, 2.05) is 13.8 Å². The molecular formula is C27H39N3O2. The SMILES string of the molecule is CC(C(=O)C[C@H]1CC[C@H]2[C@@H]3CC[C@@H]4C[C@](C)(O)CC[C@@H]4[C@H]3CC[C@]12C)n1cc(C#N)cn1. The van der Waals surface area contributed by atoms with E-state index in [9.17, 15) is 9.90 Å². The third kappa shape index (κ3) is 3.63. The number of hydrogen-bond acceptors (Lipinski definition) is 4. The van der Waals surface area contributed by atoms with Crippen LogP contribution in [-0.2, 0) is 4.79 Å². The van der Waals surface area contributed by atoms with Gasteiger partial charge in [0.2, 0.25) is 0 Å². The van der Waals surface area contributed by atoms with E-state index < -0.39 is 5.60 Å². The highest BCUT2D eigenvalue weighted by atomic mass is 16.3. The molecule has 4 aliphatic carbocycles. The molecule has 5 rings (SSSR count). The van der Waals surface area contributed by atoms with Gasteiger partial charge < -0.3 is 5.11 Å². The summed E-state index contributed by atoms with van der Waals surface area (Å²) in [6.07, 6.45) is 14.7. The number of hydrogen-bond donors (Lipinski definition) is 1. The van der Waals surface area contributed by atoms with Crippen molar-refractivity contribution in [1.29, 1.82) is 5.26 Å². The molecule has 5 nitrogen and oxygen atoms in total. The standard InChI is InChI=1S/C27H39N3O2/c1-17(30-16-18(14-28)15-29-30)25(31)12-20-5-7-24-23-6-4-19-13-26(2,32)10-8-21(19)22(23)9-11-27(20,24)3/h15-17,19-24,32H,4-13H2,1-3H3/t17?,19-,20-,21+,22-,23-,24+,26-,27-/m1/s1. The molecule has 1 N–H and O–H groups in total. The van der Waals surface area contributed by atoms with Gasteiger partial charge >= 0.3 is 0 Å². The maximum Gasteiger partial charge on any atom is 0.157 e. The lowest BCUT2D eigenvalue weighted by Gasteiger charge is -2.57. The average molecular weight is 438 g/mol. The quantitative estimate of drug-likeness (QED) is 0.694. The average Bonchev–Trinajstić information content (AvgIpc) is 3.37. The molecule has 0 amide bonds. The van der Waals surface area contributed by atoms with E-state index in [1.54, 1.807) is 17.1 Å². The molecule has 1 aromatic rings. The molecular weight excluding hydrogens is 398 g/mol. The largest absolute Gasteiger partial charge is 0.390 e. The molecule has 1 unspecified atom stereocenters. The first-order valence-corrected chi connectivity index (χ1v) is 12.9. The predicted octanol–water partition coefficient (Wildman–Crippen LogP) is 5.29. The van der Waals surface area contributed by atoms with Crippen molar-refractivity contribution in [3.63, 3.8) is 0 Å². The smallest absolute Gasteiger partial charge is 0.157 e. The topological polar surface area (TPSA) is 78.9 Å². The lowest BCUT2D eigenvalue weighted by molar-refractivity contribution is -0.125. The van der Waals surface area contributed by atoms with Gasteiger partial charge in [-0.05, 0) is 113 Å². The lowest BCUT2D eigenvalue weighted by Crippen LogP contribution is -2.50. The number of carbonyl (C=O) groups excluding carboxylic acids is 1. The van der Waals surface area contributed by atoms with Gasteiger partial charge in [-0.2, -0.15) is 10.4 Å². The minimum atomic E-state index is -0.449. The number of aromatic nitrogens is 2. The fraction of sp³-hybridized carbons (Fsp3) is 0.815. The van der Waals surface area contributed by atoms with Gasteiger partial charge in [-0.3, -0.25) is 9.48 Å². The molecule has 0 aromatic carbocycles. The summed E-state index contributed by atoms with van der Waals surface area (Å²) < 4.78 is 1.66. The van der Waals surface area contributed by atoms with E-state index in [0.29, 0.717) is 17.9 Å². The minimum absolute atomic E-state index is 0.254. The molecule has 0 aliphatic heterocycles. The zero-order valence-electron chi connectivity index (χ0n) is 20.0. The van der Waals surface area contributed by atoms with Gasteiger partial charge in [0.05, 0.1) is 17.4 Å². The van der Waals surface area contributed by atoms with Gasteiger partial charge in [-0.1, -0.05) is 6.92 Å². The Balaban J connectivity index is 1.27. The van der Waals surface area contributed by atoms with Crippen molar-refractivity contribution in [2.24, 2.45) is 40.9 Å². The molecule has 0 saturated heterocycles. The Kier molecular flexibility index (Phi) is 5.52. The van der Waals surface area contributed by atoms with Crippen molar-refractivity contribution in [3.8, 4) is 6.07 Å². The van der Waals surface area contributed by atoms with Crippen molar-refractivity contribution in [2.45, 2.75) is 96.6 Å². The Morgan fingerprint density at radius 3 is 2.72 bits per heavy atom. The molecule has 4 saturated carbocycles. The predicted molar refractivity (Wildman–Crippen MR) is 123 cm³/mol. The van der Waals surface area contributed by atoms with Crippen LogP contribution in [0.2, 0.25) is 0 Å². The van der Waals surface area contributed by atoms with Gasteiger partial charge in [-0.25, -0.2) is 0 Å². The fourth-order valence-electron chi connectivity index (χ4n) is 8.69. The van der Waals surface area contributed by atoms with Crippen LogP contribution in [-0.4, -0.2) is 26.3 Å².